The van der Waals surface area contributed by atoms with Gasteiger partial charge in [-0.15, -0.1) is 0 Å². The van der Waals surface area contributed by atoms with E-state index in [4.69, 9.17) is 4.55 Å². The average molecular weight is 208 g/mol. The Hall–Kier alpha value is 1.26. The van der Waals surface area contributed by atoms with E-state index in [1.807, 2.05) is 6.92 Å². The molecular weight excluding hydrogens is 195 g/mol. The molecule has 0 spiro atoms. The Morgan fingerprint density at radius 3 is 2.45 bits per heavy atom. The van der Waals surface area contributed by atoms with Gasteiger partial charge in [0.1, 0.15) is 0 Å². The second-order valence-corrected chi connectivity index (χ2v) is 4.80. The van der Waals surface area contributed by atoms with E-state index in [-0.39, 0.29) is 36.7 Å². The van der Waals surface area contributed by atoms with Crippen LogP contribution >= 0.6 is 11.8 Å². The van der Waals surface area contributed by atoms with Crippen LogP contribution in [0.2, 0.25) is 0 Å². The topological polar surface area (TPSA) is 54.4 Å². The minimum absolute atomic E-state index is 0. The summed E-state index contributed by atoms with van der Waals surface area (Å²) in [6, 6.07) is 0. The van der Waals surface area contributed by atoms with E-state index in [0.29, 0.717) is 6.42 Å². The molecule has 0 amide bonds. The molecule has 0 bridgehead atoms. The molecule has 0 heterocycles. The van der Waals surface area contributed by atoms with Crippen molar-refractivity contribution in [3.8, 4) is 0 Å². The molecule has 0 saturated heterocycles. The zero-order valence-electron chi connectivity index (χ0n) is 7.91. The van der Waals surface area contributed by atoms with Crippen molar-refractivity contribution in [2.24, 2.45) is 0 Å². The van der Waals surface area contributed by atoms with Gasteiger partial charge in [-0.25, -0.2) is 0 Å². The molecular formula is C5H13NaO3S2. The molecule has 0 aliphatic carbocycles. The third-order valence-electron chi connectivity index (χ3n) is 0.895. The fourth-order valence-corrected chi connectivity index (χ4v) is 1.82. The summed E-state index contributed by atoms with van der Waals surface area (Å²) in [7, 11) is -3.72. The van der Waals surface area contributed by atoms with Gasteiger partial charge in [-0.2, -0.15) is 20.2 Å². The maximum absolute atomic E-state index is 10.1. The molecule has 0 unspecified atom stereocenters. The second-order valence-electron chi connectivity index (χ2n) is 1.84. The molecule has 0 radical (unpaired) electrons. The number of thioether (sulfide) groups is 1. The Labute approximate surface area is 95.8 Å². The zero-order chi connectivity index (χ0) is 8.04. The molecule has 64 valence electrons. The first-order chi connectivity index (χ1) is 4.56. The average Bonchev–Trinajstić information content (AvgIpc) is 1.78. The van der Waals surface area contributed by atoms with Crippen LogP contribution in [0.4, 0.5) is 0 Å². The minimum atomic E-state index is -3.72. The van der Waals surface area contributed by atoms with E-state index in [1.54, 1.807) is 11.8 Å². The summed E-state index contributed by atoms with van der Waals surface area (Å²) in [4.78, 5) is 0. The fourth-order valence-electron chi connectivity index (χ4n) is 0.488. The summed E-state index contributed by atoms with van der Waals surface area (Å²) in [5.41, 5.74) is 0. The van der Waals surface area contributed by atoms with E-state index in [9.17, 15) is 8.42 Å². The standard InChI is InChI=1S/C5H12O3S2.Na.H/c1-2-9-4-3-5-10(6,7)8;;/h2-5H2,1H3,(H,6,7,8);;/q;+1;-1. The van der Waals surface area contributed by atoms with Crippen LogP contribution in [0, 0.1) is 0 Å². The van der Waals surface area contributed by atoms with E-state index in [1.165, 1.54) is 0 Å². The molecule has 0 aromatic heterocycles. The van der Waals surface area contributed by atoms with Crippen LogP contribution in [0.25, 0.3) is 0 Å². The molecule has 0 fully saturated rings. The van der Waals surface area contributed by atoms with Crippen molar-refractivity contribution in [1.29, 1.82) is 0 Å². The van der Waals surface area contributed by atoms with Gasteiger partial charge in [0.05, 0.1) is 5.75 Å². The summed E-state index contributed by atoms with van der Waals surface area (Å²) in [6.45, 7) is 2.01. The molecule has 0 aromatic rings. The zero-order valence-corrected chi connectivity index (χ0v) is 10.5. The Morgan fingerprint density at radius 2 is 2.09 bits per heavy atom. The molecule has 0 saturated carbocycles. The van der Waals surface area contributed by atoms with E-state index < -0.39 is 10.1 Å². The predicted molar refractivity (Wildman–Crippen MR) is 45.1 cm³/mol. The summed E-state index contributed by atoms with van der Waals surface area (Å²) in [5.74, 6) is 1.68. The number of rotatable bonds is 5. The van der Waals surface area contributed by atoms with Crippen LogP contribution in [0.5, 0.6) is 0 Å². The van der Waals surface area contributed by atoms with Gasteiger partial charge in [0.25, 0.3) is 10.1 Å². The van der Waals surface area contributed by atoms with Gasteiger partial charge in [-0.05, 0) is 17.9 Å². The van der Waals surface area contributed by atoms with Gasteiger partial charge in [0.15, 0.2) is 0 Å². The van der Waals surface area contributed by atoms with Gasteiger partial charge < -0.3 is 1.43 Å². The van der Waals surface area contributed by atoms with E-state index in [2.05, 4.69) is 0 Å². The molecule has 0 aliphatic rings. The molecule has 11 heavy (non-hydrogen) atoms. The first-order valence-electron chi connectivity index (χ1n) is 3.09. The molecule has 0 aliphatic heterocycles. The monoisotopic (exact) mass is 208 g/mol. The molecule has 0 rings (SSSR count). The van der Waals surface area contributed by atoms with Crippen LogP contribution in [0.1, 0.15) is 14.8 Å². The number of hydrogen-bond donors (Lipinski definition) is 1. The van der Waals surface area contributed by atoms with Crippen LogP contribution < -0.4 is 29.6 Å². The quantitative estimate of drug-likeness (QED) is 0.327. The molecule has 1 N–H and O–H groups in total. The van der Waals surface area contributed by atoms with E-state index >= 15 is 0 Å². The van der Waals surface area contributed by atoms with Crippen molar-refractivity contribution in [2.45, 2.75) is 13.3 Å². The van der Waals surface area contributed by atoms with Crippen molar-refractivity contribution in [3.05, 3.63) is 0 Å². The van der Waals surface area contributed by atoms with Crippen molar-refractivity contribution in [3.63, 3.8) is 0 Å². The van der Waals surface area contributed by atoms with Gasteiger partial charge in [-0.3, -0.25) is 4.55 Å². The van der Waals surface area contributed by atoms with Crippen molar-refractivity contribution < 1.29 is 44.0 Å². The third-order valence-corrected chi connectivity index (χ3v) is 2.69. The van der Waals surface area contributed by atoms with Gasteiger partial charge in [-0.1, -0.05) is 6.92 Å². The Balaban J connectivity index is -0.000000405. The van der Waals surface area contributed by atoms with Crippen LogP contribution in [0.3, 0.4) is 0 Å². The second kappa shape index (κ2) is 7.89. The molecule has 3 nitrogen and oxygen atoms in total. The summed E-state index contributed by atoms with van der Waals surface area (Å²) in [5, 5.41) is 0. The van der Waals surface area contributed by atoms with Gasteiger partial charge >= 0.3 is 29.6 Å². The molecule has 0 aromatic carbocycles. The maximum Gasteiger partial charge on any atom is 1.00 e. The van der Waals surface area contributed by atoms with Crippen LogP contribution in [0.15, 0.2) is 0 Å². The van der Waals surface area contributed by atoms with Crippen molar-refractivity contribution in [1.82, 2.24) is 0 Å². The summed E-state index contributed by atoms with van der Waals surface area (Å²) < 4.78 is 28.6. The van der Waals surface area contributed by atoms with Crippen molar-refractivity contribution >= 4 is 21.9 Å². The Bertz CT molecular complexity index is 172. The smallest absolute Gasteiger partial charge is 1.00 e. The first-order valence-corrected chi connectivity index (χ1v) is 5.85. The molecule has 6 heteroatoms. The third kappa shape index (κ3) is 14.2. The first kappa shape index (κ1) is 14.8. The normalized spacial score (nSPS) is 10.7. The minimum Gasteiger partial charge on any atom is -1.00 e. The fraction of sp³-hybridized carbons (Fsp3) is 1.00. The van der Waals surface area contributed by atoms with Gasteiger partial charge in [0, 0.05) is 0 Å². The largest absolute Gasteiger partial charge is 1.00 e. The summed E-state index contributed by atoms with van der Waals surface area (Å²) in [6.07, 6.45) is 0.539. The Morgan fingerprint density at radius 1 is 1.55 bits per heavy atom. The molecule has 0 atom stereocenters. The Kier molecular flexibility index (Phi) is 10.6. The predicted octanol–water partition coefficient (Wildman–Crippen LogP) is -1.87. The number of hydrogen-bond acceptors (Lipinski definition) is 3. The van der Waals surface area contributed by atoms with Gasteiger partial charge in [0.2, 0.25) is 0 Å². The van der Waals surface area contributed by atoms with Crippen LogP contribution in [-0.2, 0) is 10.1 Å². The SMILES string of the molecule is CCSCCCS(=O)(=O)O.[H-].[Na+]. The maximum atomic E-state index is 10.1. The summed E-state index contributed by atoms with van der Waals surface area (Å²) >= 11 is 1.67. The van der Waals surface area contributed by atoms with Crippen LogP contribution in [-0.4, -0.2) is 30.2 Å². The van der Waals surface area contributed by atoms with Crippen molar-refractivity contribution in [2.75, 3.05) is 17.3 Å². The van der Waals surface area contributed by atoms with E-state index in [0.717, 1.165) is 11.5 Å².